The zero-order valence-electron chi connectivity index (χ0n) is 72.7. The second-order valence-corrected chi connectivity index (χ2v) is 41.6. The molecule has 10 bridgehead atoms. The third-order valence-corrected chi connectivity index (χ3v) is 31.0. The first-order valence-electron chi connectivity index (χ1n) is 44.7. The first-order valence-corrected chi connectivity index (χ1v) is 47.3. The van der Waals surface area contributed by atoms with Crippen molar-refractivity contribution in [1.82, 2.24) is 14.0 Å². The number of hydrogen-bond donors (Lipinski definition) is 1. The van der Waals surface area contributed by atoms with E-state index in [2.05, 4.69) is 133 Å². The Bertz CT molecular complexity index is 5410. The van der Waals surface area contributed by atoms with Crippen LogP contribution in [0.25, 0.3) is 11.1 Å². The molecule has 2 atom stereocenters. The van der Waals surface area contributed by atoms with Crippen LogP contribution in [0.4, 0.5) is 17.6 Å². The van der Waals surface area contributed by atoms with E-state index in [4.69, 9.17) is 51.8 Å². The highest BCUT2D eigenvalue weighted by Gasteiger charge is 2.53. The van der Waals surface area contributed by atoms with Gasteiger partial charge < -0.3 is 43.9 Å². The summed E-state index contributed by atoms with van der Waals surface area (Å²) in [5.41, 5.74) is 11.2. The Morgan fingerprint density at radius 3 is 1.79 bits per heavy atom. The van der Waals surface area contributed by atoms with Crippen LogP contribution < -0.4 is 43.1 Å². The average molecular weight is 2030 g/mol. The SMILES string of the molecule is CC1(C)[C@H]2CC=C(C[N+](C)(C)Cc3ccc(-c4cccc(Cl)c4)cc3)[C@@H]1C2.Cc1n(CC(=O)c2ccc(Cl)c(Cl)c2)cc[n+]1Cc1ccccc1.Fc1cc(Cl)ccc1CN1CCC(CC2C3CC4CC(C3)CC2C4)CC1.N=C(Cc1ccc(I)cc1)CC1C2CC3CC(C2)CC1C3.O=C(Cn1cc[n+](CC(=O)c2ccc(F)c(F)c2)c1)c1cccc(F)c1.[Br-].[Br-]. The molecule has 10 aromatic rings. The van der Waals surface area contributed by atoms with Gasteiger partial charge in [0.05, 0.1) is 24.1 Å². The number of fused-ring (bicyclic) bond motifs is 1. The molecule has 10 nitrogen and oxygen atoms in total. The van der Waals surface area contributed by atoms with Gasteiger partial charge in [-0.2, -0.15) is 0 Å². The molecular formula is C105H117Br2Cl4F4IN7O3+. The van der Waals surface area contributed by atoms with Gasteiger partial charge in [-0.3, -0.25) is 19.3 Å². The number of imidazole rings is 2. The van der Waals surface area contributed by atoms with Gasteiger partial charge in [0, 0.05) is 67.0 Å². The normalized spacial score (nSPS) is 23.2. The highest BCUT2D eigenvalue weighted by molar-refractivity contribution is 14.1. The van der Waals surface area contributed by atoms with E-state index in [1.807, 2.05) is 66.3 Å². The average Bonchev–Trinajstić information content (AvgIpc) is 0.861. The van der Waals surface area contributed by atoms with Crippen molar-refractivity contribution in [3.8, 4) is 11.1 Å². The van der Waals surface area contributed by atoms with Gasteiger partial charge in [0.1, 0.15) is 56.1 Å². The fourth-order valence-electron chi connectivity index (χ4n) is 22.9. The molecule has 1 aliphatic heterocycles. The molecule has 9 saturated carbocycles. The molecule has 12 aliphatic rings. The Morgan fingerprint density at radius 2 is 1.17 bits per heavy atom. The standard InChI is InChI=1S/C25H31ClN.C23H31ClFN.C19H17Cl2N2O.C19H14F3N2O2.C19H24IN.2BrH/c1-25(2)22-13-12-21(24(25)15-22)17-27(3,4)16-18-8-10-19(11-9-18)20-6-5-7-23(26)14-20;24-21-2-1-18(23(25)13-21)14-26-5-3-15(4-6-26)12-22-19-8-16-7-17(10-19)11-20(22)9-16;1-14-22(12-15-5-3-2-4-6-15)9-10-23(14)13-19(24)16-7-8-17(20)18(21)11-16;20-15-3-1-2-13(8-15)18(25)10-23-6-7-24(12-23)11-19(26)14-4-5-16(21)17(22)9-14;20-17-3-1-12(2-4-17)10-18(21)11-19-15-6-13-5-14(8-15)9-16(19)7-13;;/h5-12,14,22,24H,13,15-17H2,1-4H3;1-2,13,15-17,19-20,22H,3-12,14H2;2-11H,12-13H2,1H3;1-9,12H,10-11H2;1-4,13-16,19,21H,5-11H2;2*1H/q+1;;2*+1;;;/p-2/t22-,24-;;;;;;/m0....../s1. The van der Waals surface area contributed by atoms with Crippen molar-refractivity contribution >= 4 is 92.1 Å². The van der Waals surface area contributed by atoms with E-state index in [1.165, 1.54) is 137 Å². The number of ketones is 3. The van der Waals surface area contributed by atoms with E-state index in [0.29, 0.717) is 26.0 Å². The number of likely N-dealkylation sites (N-methyl/N-ethyl adjacent to an activating group) is 1. The van der Waals surface area contributed by atoms with Crippen molar-refractivity contribution in [2.75, 3.05) is 33.7 Å². The van der Waals surface area contributed by atoms with Crippen molar-refractivity contribution in [2.45, 2.75) is 169 Å². The van der Waals surface area contributed by atoms with Crippen LogP contribution in [0.2, 0.25) is 20.1 Å². The van der Waals surface area contributed by atoms with Gasteiger partial charge in [0.25, 0.3) is 5.82 Å². The number of Topliss-reactive ketones (excluding diaryl/α,β-unsaturated/α-hetero) is 3. The third-order valence-electron chi connectivity index (χ3n) is 29.1. The van der Waals surface area contributed by atoms with Gasteiger partial charge in [-0.05, 0) is 334 Å². The number of carbonyl (C=O) groups is 3. The lowest BCUT2D eigenvalue weighted by atomic mass is 9.49. The van der Waals surface area contributed by atoms with Crippen molar-refractivity contribution in [3.63, 3.8) is 0 Å². The quantitative estimate of drug-likeness (QED) is 0.0124. The Labute approximate surface area is 797 Å². The summed E-state index contributed by atoms with van der Waals surface area (Å²) in [5, 5.41) is 10.6. The maximum Gasteiger partial charge on any atom is 0.253 e. The van der Waals surface area contributed by atoms with Gasteiger partial charge in [-0.25, -0.2) is 35.8 Å². The maximum absolute atomic E-state index is 14.0. The molecule has 8 aromatic carbocycles. The Kier molecular flexibility index (Phi) is 33.3. The van der Waals surface area contributed by atoms with Gasteiger partial charge in [-0.15, -0.1) is 0 Å². The lowest BCUT2D eigenvalue weighted by Gasteiger charge is -2.57. The number of likely N-dealkylation sites (tertiary alicyclic amines) is 1. The molecule has 21 heteroatoms. The van der Waals surface area contributed by atoms with Crippen LogP contribution in [-0.4, -0.2) is 75.3 Å². The summed E-state index contributed by atoms with van der Waals surface area (Å²) in [6, 6.07) is 54.4. The number of halogens is 11. The van der Waals surface area contributed by atoms with Crippen LogP contribution >= 0.6 is 69.0 Å². The smallest absolute Gasteiger partial charge is 0.253 e. The van der Waals surface area contributed by atoms with Crippen LogP contribution in [0.3, 0.4) is 0 Å². The number of allylic oxidation sites excluding steroid dienone is 1. The molecule has 2 aromatic heterocycles. The molecule has 10 fully saturated rings. The number of piperidine rings is 1. The minimum Gasteiger partial charge on any atom is -1.00 e. The molecule has 11 aliphatic carbocycles. The molecule has 666 valence electrons. The summed E-state index contributed by atoms with van der Waals surface area (Å²) < 4.78 is 62.8. The van der Waals surface area contributed by atoms with Crippen LogP contribution in [0.5, 0.6) is 0 Å². The molecular weight excluding hydrogens is 1910 g/mol. The minimum atomic E-state index is -1.08. The molecule has 0 unspecified atom stereocenters. The summed E-state index contributed by atoms with van der Waals surface area (Å²) in [4.78, 5) is 39.2. The second kappa shape index (κ2) is 43.4. The van der Waals surface area contributed by atoms with Crippen LogP contribution in [0.1, 0.15) is 176 Å². The summed E-state index contributed by atoms with van der Waals surface area (Å²) >= 11 is 26.2. The monoisotopic (exact) mass is 2020 g/mol. The van der Waals surface area contributed by atoms with Gasteiger partial charge in [0.2, 0.25) is 23.7 Å². The Morgan fingerprint density at radius 1 is 0.556 bits per heavy atom. The number of rotatable bonds is 24. The van der Waals surface area contributed by atoms with Crippen molar-refractivity contribution in [3.05, 3.63) is 316 Å². The zero-order valence-corrected chi connectivity index (χ0v) is 81.1. The van der Waals surface area contributed by atoms with E-state index in [9.17, 15) is 31.9 Å². The van der Waals surface area contributed by atoms with Crippen LogP contribution in [0, 0.1) is 122 Å². The van der Waals surface area contributed by atoms with Gasteiger partial charge in [-0.1, -0.05) is 163 Å². The molecule has 1 N–H and O–H groups in total. The molecule has 0 radical (unpaired) electrons. The largest absolute Gasteiger partial charge is 1.00 e. The first kappa shape index (κ1) is 96.6. The topological polar surface area (TPSA) is 95.9 Å². The fourth-order valence-corrected chi connectivity index (χ4v) is 23.9. The summed E-state index contributed by atoms with van der Waals surface area (Å²) in [5.74, 6) is 10.4. The minimum absolute atomic E-state index is 0. The highest BCUT2D eigenvalue weighted by atomic mass is 127. The Balaban J connectivity index is 0.000000135. The fraction of sp³-hybridized carbons (Fsp3) is 0.429. The number of quaternary nitrogens is 1. The number of benzene rings is 8. The van der Waals surface area contributed by atoms with E-state index >= 15 is 0 Å². The van der Waals surface area contributed by atoms with E-state index in [-0.39, 0.29) is 82.1 Å². The van der Waals surface area contributed by atoms with E-state index in [0.717, 1.165) is 174 Å². The highest BCUT2D eigenvalue weighted by Crippen LogP contribution is 2.61. The lowest BCUT2D eigenvalue weighted by molar-refractivity contribution is -0.899. The predicted molar refractivity (Wildman–Crippen MR) is 498 cm³/mol. The summed E-state index contributed by atoms with van der Waals surface area (Å²) in [6.45, 7) is 13.1. The number of nitrogens with one attached hydrogen (secondary N) is 1. The maximum atomic E-state index is 14.0. The van der Waals surface area contributed by atoms with Crippen LogP contribution in [0.15, 0.2) is 225 Å². The number of nitrogens with zero attached hydrogens (tertiary/aromatic N) is 6. The number of aromatic nitrogens is 4. The molecule has 0 amide bonds. The van der Waals surface area contributed by atoms with E-state index in [1.54, 1.807) is 78.9 Å². The predicted octanol–water partition coefficient (Wildman–Crippen LogP) is 19.3. The second-order valence-electron chi connectivity index (χ2n) is 38.7. The van der Waals surface area contributed by atoms with Crippen molar-refractivity contribution < 1.29 is 79.5 Å². The number of hydrogen-bond acceptors (Lipinski definition) is 5. The van der Waals surface area contributed by atoms with Crippen LogP contribution in [-0.2, 0) is 45.7 Å². The first-order chi connectivity index (χ1) is 59.5. The van der Waals surface area contributed by atoms with E-state index < -0.39 is 23.2 Å². The molecule has 126 heavy (non-hydrogen) atoms. The summed E-state index contributed by atoms with van der Waals surface area (Å²) in [6.07, 6.45) is 35.1. The number of carbonyl (C=O) groups excluding carboxylic acids is 3. The zero-order chi connectivity index (χ0) is 87.1. The molecule has 22 rings (SSSR count). The van der Waals surface area contributed by atoms with Gasteiger partial charge in [0.15, 0.2) is 31.3 Å². The molecule has 3 heterocycles. The lowest BCUT2D eigenvalue weighted by Crippen LogP contribution is -3.00. The molecule has 0 spiro atoms. The van der Waals surface area contributed by atoms with Crippen molar-refractivity contribution in [2.24, 2.45) is 82.3 Å². The van der Waals surface area contributed by atoms with Gasteiger partial charge >= 0.3 is 0 Å². The third kappa shape index (κ3) is 25.0. The van der Waals surface area contributed by atoms with Crippen molar-refractivity contribution in [1.29, 1.82) is 5.41 Å². The Hall–Kier alpha value is -6.91. The summed E-state index contributed by atoms with van der Waals surface area (Å²) in [7, 11) is 4.73. The molecule has 1 saturated heterocycles.